The Morgan fingerprint density at radius 3 is 2.44 bits per heavy atom. The van der Waals surface area contributed by atoms with Gasteiger partial charge in [-0.2, -0.15) is 0 Å². The lowest BCUT2D eigenvalue weighted by molar-refractivity contribution is 0.232. The van der Waals surface area contributed by atoms with Crippen LogP contribution in [0.5, 0.6) is 5.75 Å². The van der Waals surface area contributed by atoms with Crippen molar-refractivity contribution >= 4 is 11.6 Å². The molecule has 3 heteroatoms. The topological polar surface area (TPSA) is 21.3 Å². The van der Waals surface area contributed by atoms with Crippen LogP contribution in [0.2, 0.25) is 5.02 Å². The average Bonchev–Trinajstić information content (AvgIpc) is 3.05. The van der Waals surface area contributed by atoms with Crippen LogP contribution < -0.4 is 10.1 Å². The molecule has 1 unspecified atom stereocenters. The van der Waals surface area contributed by atoms with Crippen molar-refractivity contribution in [2.24, 2.45) is 0 Å². The third-order valence-corrected chi connectivity index (χ3v) is 4.84. The summed E-state index contributed by atoms with van der Waals surface area (Å²) < 4.78 is 6.26. The zero-order valence-corrected chi connectivity index (χ0v) is 14.9. The molecule has 3 aromatic carbocycles. The van der Waals surface area contributed by atoms with Gasteiger partial charge in [0.25, 0.3) is 0 Å². The van der Waals surface area contributed by atoms with Gasteiger partial charge in [-0.1, -0.05) is 54.1 Å². The van der Waals surface area contributed by atoms with Gasteiger partial charge >= 0.3 is 0 Å². The first kappa shape index (κ1) is 16.2. The van der Waals surface area contributed by atoms with E-state index in [0.29, 0.717) is 0 Å². The lowest BCUT2D eigenvalue weighted by Gasteiger charge is -2.14. The van der Waals surface area contributed by atoms with Crippen LogP contribution in [0.15, 0.2) is 66.7 Å². The first-order valence-corrected chi connectivity index (χ1v) is 8.92. The van der Waals surface area contributed by atoms with Gasteiger partial charge in [-0.3, -0.25) is 0 Å². The highest BCUT2D eigenvalue weighted by Crippen LogP contribution is 2.42. The second kappa shape index (κ2) is 6.91. The van der Waals surface area contributed by atoms with Crippen LogP contribution in [0.4, 0.5) is 0 Å². The summed E-state index contributed by atoms with van der Waals surface area (Å²) in [5, 5.41) is 3.96. The van der Waals surface area contributed by atoms with Gasteiger partial charge in [0.15, 0.2) is 0 Å². The predicted molar refractivity (Wildman–Crippen MR) is 104 cm³/mol. The maximum Gasteiger partial charge on any atom is 0.131 e. The number of hydrogen-bond donors (Lipinski definition) is 1. The molecule has 4 rings (SSSR count). The molecule has 0 spiro atoms. The van der Waals surface area contributed by atoms with Crippen LogP contribution in [-0.4, -0.2) is 19.7 Å². The van der Waals surface area contributed by atoms with Crippen molar-refractivity contribution in [2.45, 2.75) is 12.5 Å². The smallest absolute Gasteiger partial charge is 0.131 e. The second-order valence-corrected chi connectivity index (χ2v) is 6.82. The molecule has 0 radical (unpaired) electrons. The normalized spacial score (nSPS) is 15.7. The van der Waals surface area contributed by atoms with E-state index < -0.39 is 0 Å². The summed E-state index contributed by atoms with van der Waals surface area (Å²) in [6.45, 7) is 0.843. The Kier molecular flexibility index (Phi) is 4.48. The monoisotopic (exact) mass is 349 g/mol. The summed E-state index contributed by atoms with van der Waals surface area (Å²) in [5.74, 6) is 1.00. The van der Waals surface area contributed by atoms with Gasteiger partial charge in [-0.05, 0) is 53.6 Å². The van der Waals surface area contributed by atoms with Crippen LogP contribution in [0.1, 0.15) is 5.56 Å². The van der Waals surface area contributed by atoms with E-state index in [-0.39, 0.29) is 6.10 Å². The fraction of sp³-hybridized carbons (Fsp3) is 0.182. The molecule has 0 amide bonds. The number of halogens is 1. The Morgan fingerprint density at radius 1 is 0.960 bits per heavy atom. The largest absolute Gasteiger partial charge is 0.488 e. The van der Waals surface area contributed by atoms with Crippen molar-refractivity contribution in [3.63, 3.8) is 0 Å². The van der Waals surface area contributed by atoms with Crippen LogP contribution >= 0.6 is 11.6 Å². The van der Waals surface area contributed by atoms with E-state index in [4.69, 9.17) is 16.3 Å². The molecule has 3 aromatic rings. The van der Waals surface area contributed by atoms with E-state index in [1.807, 2.05) is 25.2 Å². The zero-order valence-electron chi connectivity index (χ0n) is 14.1. The van der Waals surface area contributed by atoms with Crippen LogP contribution in [-0.2, 0) is 6.42 Å². The standard InChI is InChI=1S/C22H20ClNO/c1-24-14-20-12-18-11-17(15-5-3-2-4-6-15)13-21(22(18)25-20)16-7-9-19(23)10-8-16/h2-11,13,20,24H,12,14H2,1H3. The van der Waals surface area contributed by atoms with Gasteiger partial charge in [0.2, 0.25) is 0 Å². The van der Waals surface area contributed by atoms with Crippen LogP contribution in [0, 0.1) is 0 Å². The number of likely N-dealkylation sites (N-methyl/N-ethyl adjacent to an activating group) is 1. The Hall–Kier alpha value is -2.29. The van der Waals surface area contributed by atoms with E-state index in [1.54, 1.807) is 0 Å². The number of rotatable bonds is 4. The lowest BCUT2D eigenvalue weighted by Crippen LogP contribution is -2.27. The third-order valence-electron chi connectivity index (χ3n) is 4.59. The summed E-state index contributed by atoms with van der Waals surface area (Å²) in [6.07, 6.45) is 1.11. The summed E-state index contributed by atoms with van der Waals surface area (Å²) in [7, 11) is 1.96. The Labute approximate surface area is 153 Å². The molecular formula is C22H20ClNO. The van der Waals surface area contributed by atoms with Crippen molar-refractivity contribution in [2.75, 3.05) is 13.6 Å². The van der Waals surface area contributed by atoms with E-state index >= 15 is 0 Å². The molecule has 1 aliphatic heterocycles. The first-order valence-electron chi connectivity index (χ1n) is 8.54. The number of nitrogens with one attached hydrogen (secondary N) is 1. The fourth-order valence-corrected chi connectivity index (χ4v) is 3.54. The average molecular weight is 350 g/mol. The molecule has 126 valence electrons. The van der Waals surface area contributed by atoms with Gasteiger partial charge in [-0.15, -0.1) is 0 Å². The molecular weight excluding hydrogens is 330 g/mol. The quantitative estimate of drug-likeness (QED) is 0.699. The summed E-state index contributed by atoms with van der Waals surface area (Å²) in [6, 6.07) is 22.9. The van der Waals surface area contributed by atoms with E-state index in [0.717, 1.165) is 34.9 Å². The van der Waals surface area contributed by atoms with E-state index in [9.17, 15) is 0 Å². The molecule has 1 heterocycles. The van der Waals surface area contributed by atoms with Gasteiger partial charge < -0.3 is 10.1 Å². The van der Waals surface area contributed by atoms with Crippen molar-refractivity contribution in [1.29, 1.82) is 0 Å². The Balaban J connectivity index is 1.84. The maximum atomic E-state index is 6.26. The summed E-state index contributed by atoms with van der Waals surface area (Å²) >= 11 is 6.07. The number of ether oxygens (including phenoxy) is 1. The molecule has 25 heavy (non-hydrogen) atoms. The van der Waals surface area contributed by atoms with Gasteiger partial charge in [0.1, 0.15) is 11.9 Å². The van der Waals surface area contributed by atoms with Crippen LogP contribution in [0.25, 0.3) is 22.3 Å². The SMILES string of the molecule is CNCC1Cc2cc(-c3ccccc3)cc(-c3ccc(Cl)cc3)c2O1. The molecule has 1 aliphatic rings. The van der Waals surface area contributed by atoms with Crippen molar-refractivity contribution in [3.05, 3.63) is 77.3 Å². The summed E-state index contributed by atoms with van der Waals surface area (Å²) in [5.41, 5.74) is 5.97. The molecule has 2 nitrogen and oxygen atoms in total. The highest BCUT2D eigenvalue weighted by molar-refractivity contribution is 6.30. The molecule has 0 saturated heterocycles. The Morgan fingerprint density at radius 2 is 1.72 bits per heavy atom. The minimum Gasteiger partial charge on any atom is -0.488 e. The molecule has 0 bridgehead atoms. The van der Waals surface area contributed by atoms with Gasteiger partial charge in [-0.25, -0.2) is 0 Å². The predicted octanol–water partition coefficient (Wildman–Crippen LogP) is 5.20. The highest BCUT2D eigenvalue weighted by Gasteiger charge is 2.26. The Bertz CT molecular complexity index is 875. The summed E-state index contributed by atoms with van der Waals surface area (Å²) in [4.78, 5) is 0. The first-order chi connectivity index (χ1) is 12.2. The zero-order chi connectivity index (χ0) is 17.2. The minimum atomic E-state index is 0.178. The second-order valence-electron chi connectivity index (χ2n) is 6.39. The highest BCUT2D eigenvalue weighted by atomic mass is 35.5. The third kappa shape index (κ3) is 3.28. The van der Waals surface area contributed by atoms with E-state index in [1.165, 1.54) is 16.7 Å². The fourth-order valence-electron chi connectivity index (χ4n) is 3.42. The number of fused-ring (bicyclic) bond motifs is 1. The molecule has 0 aromatic heterocycles. The van der Waals surface area contributed by atoms with Crippen molar-refractivity contribution in [1.82, 2.24) is 5.32 Å². The number of benzene rings is 3. The van der Waals surface area contributed by atoms with Crippen molar-refractivity contribution < 1.29 is 4.74 Å². The lowest BCUT2D eigenvalue weighted by atomic mass is 9.94. The van der Waals surface area contributed by atoms with E-state index in [2.05, 4.69) is 53.8 Å². The van der Waals surface area contributed by atoms with Crippen LogP contribution in [0.3, 0.4) is 0 Å². The molecule has 0 saturated carbocycles. The van der Waals surface area contributed by atoms with Crippen molar-refractivity contribution in [3.8, 4) is 28.0 Å². The molecule has 0 aliphatic carbocycles. The molecule has 1 N–H and O–H groups in total. The van der Waals surface area contributed by atoms with Gasteiger partial charge in [0.05, 0.1) is 0 Å². The maximum absolute atomic E-state index is 6.26. The number of hydrogen-bond acceptors (Lipinski definition) is 2. The van der Waals surface area contributed by atoms with Gasteiger partial charge in [0, 0.05) is 23.6 Å². The molecule has 1 atom stereocenters. The minimum absolute atomic E-state index is 0.178. The molecule has 0 fully saturated rings.